The summed E-state index contributed by atoms with van der Waals surface area (Å²) in [5.74, 6) is 0.951. The molecule has 2 aromatic carbocycles. The van der Waals surface area contributed by atoms with Crippen molar-refractivity contribution in [3.8, 4) is 0 Å². The molecule has 1 saturated carbocycles. The normalized spacial score (nSPS) is 19.8. The van der Waals surface area contributed by atoms with E-state index in [0.717, 1.165) is 42.1 Å². The number of fused-ring (bicyclic) bond motifs is 1. The first-order valence-electron chi connectivity index (χ1n) is 10.0. The third-order valence-electron chi connectivity index (χ3n) is 5.69. The summed E-state index contributed by atoms with van der Waals surface area (Å²) in [6.45, 7) is 1.12. The van der Waals surface area contributed by atoms with Crippen LogP contribution >= 0.6 is 0 Å². The Morgan fingerprint density at radius 3 is 2.31 bits per heavy atom. The molecule has 0 spiro atoms. The summed E-state index contributed by atoms with van der Waals surface area (Å²) < 4.78 is 28.9. The number of guanidine groups is 1. The quantitative estimate of drug-likeness (QED) is 0.472. The predicted octanol–water partition coefficient (Wildman–Crippen LogP) is 2.26. The summed E-state index contributed by atoms with van der Waals surface area (Å²) in [6.07, 6.45) is 3.99. The molecule has 0 heterocycles. The fourth-order valence-electron chi connectivity index (χ4n) is 4.05. The molecule has 0 aromatic heterocycles. The lowest BCUT2D eigenvalue weighted by Crippen LogP contribution is -2.32. The number of nitrogens with two attached hydrogens (primary N) is 2. The zero-order valence-electron chi connectivity index (χ0n) is 17.1. The molecule has 8 heteroatoms. The van der Waals surface area contributed by atoms with Crippen molar-refractivity contribution in [2.75, 3.05) is 32.1 Å². The minimum absolute atomic E-state index is 0.132. The monoisotopic (exact) mass is 417 g/mol. The van der Waals surface area contributed by atoms with Gasteiger partial charge in [-0.25, -0.2) is 13.1 Å². The summed E-state index contributed by atoms with van der Waals surface area (Å²) in [7, 11) is 0.325. The number of nitrogens with one attached hydrogen (secondary N) is 1. The van der Waals surface area contributed by atoms with Gasteiger partial charge in [0.25, 0.3) is 0 Å². The number of sulfonamides is 1. The number of anilines is 1. The fourth-order valence-corrected chi connectivity index (χ4v) is 5.38. The lowest BCUT2D eigenvalue weighted by Gasteiger charge is -2.27. The lowest BCUT2D eigenvalue weighted by molar-refractivity contribution is 0.280. The van der Waals surface area contributed by atoms with Gasteiger partial charge in [0.2, 0.25) is 10.0 Å². The summed E-state index contributed by atoms with van der Waals surface area (Å²) in [5.41, 5.74) is 11.8. The molecule has 29 heavy (non-hydrogen) atoms. The maximum atomic E-state index is 13.0. The Bertz CT molecular complexity index is 976. The maximum absolute atomic E-state index is 13.0. The summed E-state index contributed by atoms with van der Waals surface area (Å²) >= 11 is 0. The van der Waals surface area contributed by atoms with Gasteiger partial charge in [0.05, 0.1) is 4.90 Å². The third-order valence-corrected chi connectivity index (χ3v) is 7.17. The number of rotatable bonds is 7. The van der Waals surface area contributed by atoms with Crippen molar-refractivity contribution < 1.29 is 8.42 Å². The van der Waals surface area contributed by atoms with Gasteiger partial charge in [-0.3, -0.25) is 4.99 Å². The third kappa shape index (κ3) is 5.19. The van der Waals surface area contributed by atoms with Crippen molar-refractivity contribution in [2.24, 2.45) is 28.3 Å². The SMILES string of the molecule is CN(C)c1cccc2c(S(=O)(=O)NCC3CCC(CN=C(N)N)CC3)cccc12. The predicted molar refractivity (Wildman–Crippen MR) is 120 cm³/mol. The van der Waals surface area contributed by atoms with Crippen molar-refractivity contribution in [3.63, 3.8) is 0 Å². The molecule has 0 bridgehead atoms. The van der Waals surface area contributed by atoms with E-state index in [4.69, 9.17) is 11.5 Å². The topological polar surface area (TPSA) is 114 Å². The highest BCUT2D eigenvalue weighted by molar-refractivity contribution is 7.89. The number of hydrogen-bond donors (Lipinski definition) is 3. The first-order valence-corrected chi connectivity index (χ1v) is 11.5. The van der Waals surface area contributed by atoms with E-state index in [1.54, 1.807) is 12.1 Å². The molecule has 7 nitrogen and oxygen atoms in total. The van der Waals surface area contributed by atoms with Crippen LogP contribution in [0, 0.1) is 11.8 Å². The van der Waals surface area contributed by atoms with E-state index in [-0.39, 0.29) is 5.96 Å². The van der Waals surface area contributed by atoms with E-state index in [9.17, 15) is 8.42 Å². The van der Waals surface area contributed by atoms with Crippen LogP contribution in [-0.4, -0.2) is 41.6 Å². The number of benzene rings is 2. The second-order valence-corrected chi connectivity index (χ2v) is 9.76. The van der Waals surface area contributed by atoms with Gasteiger partial charge in [0.15, 0.2) is 5.96 Å². The minimum Gasteiger partial charge on any atom is -0.377 e. The van der Waals surface area contributed by atoms with E-state index in [1.807, 2.05) is 43.3 Å². The Kier molecular flexibility index (Phi) is 6.64. The van der Waals surface area contributed by atoms with Crippen LogP contribution in [-0.2, 0) is 10.0 Å². The molecule has 1 fully saturated rings. The minimum atomic E-state index is -3.59. The van der Waals surface area contributed by atoms with Crippen molar-refractivity contribution in [1.82, 2.24) is 4.72 Å². The highest BCUT2D eigenvalue weighted by Crippen LogP contribution is 2.31. The van der Waals surface area contributed by atoms with Crippen molar-refractivity contribution in [1.29, 1.82) is 0 Å². The standard InChI is InChI=1S/C21H31N5O2S/c1-26(2)19-7-3-6-18-17(19)5-4-8-20(18)29(27,28)25-14-16-11-9-15(10-12-16)13-24-21(22)23/h3-8,15-16,25H,9-14H2,1-2H3,(H4,22,23,24). The molecule has 1 aliphatic rings. The van der Waals surface area contributed by atoms with Crippen LogP contribution in [0.4, 0.5) is 5.69 Å². The van der Waals surface area contributed by atoms with Gasteiger partial charge in [-0.1, -0.05) is 24.3 Å². The van der Waals surface area contributed by atoms with E-state index < -0.39 is 10.0 Å². The van der Waals surface area contributed by atoms with Crippen LogP contribution in [0.5, 0.6) is 0 Å². The second-order valence-electron chi connectivity index (χ2n) is 8.03. The Hall–Kier alpha value is -2.32. The van der Waals surface area contributed by atoms with Gasteiger partial charge in [0.1, 0.15) is 0 Å². The molecule has 0 atom stereocenters. The van der Waals surface area contributed by atoms with Crippen molar-refractivity contribution in [3.05, 3.63) is 36.4 Å². The smallest absolute Gasteiger partial charge is 0.241 e. The van der Waals surface area contributed by atoms with Crippen LogP contribution in [0.15, 0.2) is 46.3 Å². The average Bonchev–Trinajstić information content (AvgIpc) is 2.70. The molecule has 158 valence electrons. The van der Waals surface area contributed by atoms with Crippen molar-refractivity contribution in [2.45, 2.75) is 30.6 Å². The van der Waals surface area contributed by atoms with Crippen LogP contribution < -0.4 is 21.1 Å². The lowest BCUT2D eigenvalue weighted by atomic mass is 9.82. The van der Waals surface area contributed by atoms with Gasteiger partial charge in [-0.2, -0.15) is 0 Å². The Morgan fingerprint density at radius 1 is 1.03 bits per heavy atom. The van der Waals surface area contributed by atoms with E-state index in [1.165, 1.54) is 0 Å². The molecule has 1 aliphatic carbocycles. The number of aliphatic imine (C=N–C) groups is 1. The van der Waals surface area contributed by atoms with E-state index in [0.29, 0.717) is 29.8 Å². The molecule has 0 aliphatic heterocycles. The highest BCUT2D eigenvalue weighted by atomic mass is 32.2. The molecule has 5 N–H and O–H groups in total. The van der Waals surface area contributed by atoms with Crippen LogP contribution in [0.2, 0.25) is 0 Å². The van der Waals surface area contributed by atoms with Crippen LogP contribution in [0.3, 0.4) is 0 Å². The zero-order valence-corrected chi connectivity index (χ0v) is 18.0. The van der Waals surface area contributed by atoms with Gasteiger partial charge in [0, 0.05) is 43.6 Å². The maximum Gasteiger partial charge on any atom is 0.241 e. The molecule has 0 saturated heterocycles. The summed E-state index contributed by atoms with van der Waals surface area (Å²) in [5, 5.41) is 1.67. The van der Waals surface area contributed by atoms with E-state index >= 15 is 0 Å². The summed E-state index contributed by atoms with van der Waals surface area (Å²) in [6, 6.07) is 11.2. The van der Waals surface area contributed by atoms with Crippen molar-refractivity contribution >= 4 is 32.4 Å². The number of hydrogen-bond acceptors (Lipinski definition) is 4. The van der Waals surface area contributed by atoms with Gasteiger partial charge in [-0.05, 0) is 49.7 Å². The largest absolute Gasteiger partial charge is 0.377 e. The molecular weight excluding hydrogens is 386 g/mol. The second kappa shape index (κ2) is 9.00. The van der Waals surface area contributed by atoms with Gasteiger partial charge >= 0.3 is 0 Å². The van der Waals surface area contributed by atoms with Crippen LogP contribution in [0.25, 0.3) is 10.8 Å². The molecule has 0 radical (unpaired) electrons. The fraction of sp³-hybridized carbons (Fsp3) is 0.476. The first-order chi connectivity index (χ1) is 13.8. The zero-order chi connectivity index (χ0) is 21.0. The van der Waals surface area contributed by atoms with Crippen LogP contribution in [0.1, 0.15) is 25.7 Å². The molecule has 0 amide bonds. The highest BCUT2D eigenvalue weighted by Gasteiger charge is 2.24. The molecular formula is C21H31N5O2S. The van der Waals surface area contributed by atoms with Gasteiger partial charge < -0.3 is 16.4 Å². The molecule has 0 unspecified atom stereocenters. The van der Waals surface area contributed by atoms with Gasteiger partial charge in [-0.15, -0.1) is 0 Å². The summed E-state index contributed by atoms with van der Waals surface area (Å²) in [4.78, 5) is 6.43. The Morgan fingerprint density at radius 2 is 1.66 bits per heavy atom. The number of nitrogens with zero attached hydrogens (tertiary/aromatic N) is 2. The average molecular weight is 418 g/mol. The Balaban J connectivity index is 1.68. The molecule has 2 aromatic rings. The Labute approximate surface area is 173 Å². The van der Waals surface area contributed by atoms with E-state index in [2.05, 4.69) is 9.71 Å². The molecule has 3 rings (SSSR count). The first kappa shape index (κ1) is 21.4.